The molecule has 1 unspecified atom stereocenters. The van der Waals surface area contributed by atoms with E-state index in [4.69, 9.17) is 0 Å². The molecule has 4 nitrogen and oxygen atoms in total. The van der Waals surface area contributed by atoms with Crippen LogP contribution in [-0.2, 0) is 21.2 Å². The molecule has 0 heterocycles. The number of carbonyl (C=O) groups is 1. The fourth-order valence-corrected chi connectivity index (χ4v) is 2.14. The molecule has 0 spiro atoms. The normalized spacial score (nSPS) is 13.4. The number of nitrogens with one attached hydrogen (secondary N) is 1. The lowest BCUT2D eigenvalue weighted by molar-refractivity contribution is -0.118. The number of carbonyl (C=O) groups excluding carboxylic acids is 1. The monoisotopic (exact) mass is 241 g/mol. The van der Waals surface area contributed by atoms with Crippen molar-refractivity contribution in [3.05, 3.63) is 35.9 Å². The van der Waals surface area contributed by atoms with Crippen LogP contribution in [0, 0.1) is 0 Å². The zero-order valence-corrected chi connectivity index (χ0v) is 10.1. The standard InChI is InChI=1S/C11H15NO3S/c1-9(13)11(12-16(2,14)15)8-10-6-4-3-5-7-10/h3-7,11-12H,8H2,1-2H3. The largest absolute Gasteiger partial charge is 0.298 e. The minimum absolute atomic E-state index is 0.186. The molecule has 0 saturated carbocycles. The summed E-state index contributed by atoms with van der Waals surface area (Å²) in [6, 6.07) is 8.62. The van der Waals surface area contributed by atoms with Gasteiger partial charge in [-0.15, -0.1) is 0 Å². The van der Waals surface area contributed by atoms with Crippen molar-refractivity contribution in [3.63, 3.8) is 0 Å². The van der Waals surface area contributed by atoms with E-state index in [0.717, 1.165) is 11.8 Å². The quantitative estimate of drug-likeness (QED) is 0.827. The molecule has 0 aliphatic heterocycles. The van der Waals surface area contributed by atoms with E-state index in [-0.39, 0.29) is 5.78 Å². The SMILES string of the molecule is CC(=O)C(Cc1ccccc1)NS(C)(=O)=O. The number of ketones is 1. The van der Waals surface area contributed by atoms with Gasteiger partial charge in [0.25, 0.3) is 0 Å². The van der Waals surface area contributed by atoms with Crippen LogP contribution in [0.1, 0.15) is 12.5 Å². The fourth-order valence-electron chi connectivity index (χ4n) is 1.38. The van der Waals surface area contributed by atoms with E-state index in [0.29, 0.717) is 6.42 Å². The van der Waals surface area contributed by atoms with Gasteiger partial charge in [-0.3, -0.25) is 4.79 Å². The van der Waals surface area contributed by atoms with Gasteiger partial charge in [-0.1, -0.05) is 30.3 Å². The zero-order chi connectivity index (χ0) is 12.2. The first-order valence-corrected chi connectivity index (χ1v) is 6.79. The van der Waals surface area contributed by atoms with Crippen molar-refractivity contribution in [1.82, 2.24) is 4.72 Å². The second-order valence-corrected chi connectivity index (χ2v) is 5.52. The Morgan fingerprint density at radius 1 is 1.31 bits per heavy atom. The van der Waals surface area contributed by atoms with Crippen LogP contribution in [0.3, 0.4) is 0 Å². The van der Waals surface area contributed by atoms with Crippen LogP contribution in [0.25, 0.3) is 0 Å². The van der Waals surface area contributed by atoms with Gasteiger partial charge in [-0.05, 0) is 18.9 Å². The van der Waals surface area contributed by atoms with Crippen molar-refractivity contribution < 1.29 is 13.2 Å². The Hall–Kier alpha value is -1.20. The summed E-state index contributed by atoms with van der Waals surface area (Å²) in [5, 5.41) is 0. The first-order chi connectivity index (χ1) is 7.38. The molecular formula is C11H15NO3S. The third-order valence-corrected chi connectivity index (χ3v) is 2.84. The molecule has 0 bridgehead atoms. The van der Waals surface area contributed by atoms with Crippen molar-refractivity contribution in [3.8, 4) is 0 Å². The van der Waals surface area contributed by atoms with Gasteiger partial charge in [-0.25, -0.2) is 13.1 Å². The number of sulfonamides is 1. The van der Waals surface area contributed by atoms with E-state index >= 15 is 0 Å². The molecule has 1 aromatic rings. The van der Waals surface area contributed by atoms with Gasteiger partial charge >= 0.3 is 0 Å². The average Bonchev–Trinajstić information content (AvgIpc) is 2.16. The molecule has 0 radical (unpaired) electrons. The summed E-state index contributed by atoms with van der Waals surface area (Å²) in [6.45, 7) is 1.38. The van der Waals surface area contributed by atoms with Crippen LogP contribution in [0.4, 0.5) is 0 Å². The summed E-state index contributed by atoms with van der Waals surface area (Å²) < 4.78 is 24.5. The number of hydrogen-bond acceptors (Lipinski definition) is 3. The van der Waals surface area contributed by atoms with E-state index in [1.807, 2.05) is 30.3 Å². The van der Waals surface area contributed by atoms with E-state index in [1.165, 1.54) is 6.92 Å². The molecule has 88 valence electrons. The summed E-state index contributed by atoms with van der Waals surface area (Å²) in [5.74, 6) is -0.186. The summed E-state index contributed by atoms with van der Waals surface area (Å²) in [5.41, 5.74) is 0.929. The molecule has 1 N–H and O–H groups in total. The highest BCUT2D eigenvalue weighted by molar-refractivity contribution is 7.88. The second kappa shape index (κ2) is 5.23. The Morgan fingerprint density at radius 3 is 2.31 bits per heavy atom. The molecule has 1 rings (SSSR count). The van der Waals surface area contributed by atoms with Crippen molar-refractivity contribution in [2.45, 2.75) is 19.4 Å². The van der Waals surface area contributed by atoms with Crippen LogP contribution >= 0.6 is 0 Å². The number of rotatable bonds is 5. The van der Waals surface area contributed by atoms with Crippen molar-refractivity contribution >= 4 is 15.8 Å². The molecule has 0 amide bonds. The molecular weight excluding hydrogens is 226 g/mol. The minimum atomic E-state index is -3.36. The highest BCUT2D eigenvalue weighted by Crippen LogP contribution is 2.04. The Kier molecular flexibility index (Phi) is 4.20. The third-order valence-electron chi connectivity index (χ3n) is 2.13. The van der Waals surface area contributed by atoms with Gasteiger partial charge in [0.2, 0.25) is 10.0 Å². The molecule has 0 aliphatic carbocycles. The maximum atomic E-state index is 11.3. The van der Waals surface area contributed by atoms with Crippen LogP contribution in [0.15, 0.2) is 30.3 Å². The second-order valence-electron chi connectivity index (χ2n) is 3.74. The molecule has 0 saturated heterocycles. The van der Waals surface area contributed by atoms with Gasteiger partial charge in [0, 0.05) is 0 Å². The van der Waals surface area contributed by atoms with Gasteiger partial charge in [-0.2, -0.15) is 0 Å². The molecule has 0 aliphatic rings. The number of benzene rings is 1. The van der Waals surface area contributed by atoms with Gasteiger partial charge in [0.15, 0.2) is 0 Å². The Labute approximate surface area is 95.7 Å². The van der Waals surface area contributed by atoms with Crippen molar-refractivity contribution in [2.75, 3.05) is 6.26 Å². The first kappa shape index (κ1) is 12.9. The molecule has 16 heavy (non-hydrogen) atoms. The Morgan fingerprint density at radius 2 is 1.88 bits per heavy atom. The zero-order valence-electron chi connectivity index (χ0n) is 9.30. The van der Waals surface area contributed by atoms with Crippen LogP contribution in [0.2, 0.25) is 0 Å². The fraction of sp³-hybridized carbons (Fsp3) is 0.364. The number of hydrogen-bond donors (Lipinski definition) is 1. The van der Waals surface area contributed by atoms with Crippen molar-refractivity contribution in [2.24, 2.45) is 0 Å². The molecule has 1 aromatic carbocycles. The topological polar surface area (TPSA) is 63.2 Å². The van der Waals surface area contributed by atoms with E-state index in [9.17, 15) is 13.2 Å². The molecule has 0 aromatic heterocycles. The smallest absolute Gasteiger partial charge is 0.209 e. The summed E-state index contributed by atoms with van der Waals surface area (Å²) in [6.07, 6.45) is 1.43. The Balaban J connectivity index is 2.77. The lowest BCUT2D eigenvalue weighted by atomic mass is 10.0. The summed E-state index contributed by atoms with van der Waals surface area (Å²) in [7, 11) is -3.36. The minimum Gasteiger partial charge on any atom is -0.298 e. The first-order valence-electron chi connectivity index (χ1n) is 4.90. The average molecular weight is 241 g/mol. The van der Waals surface area contributed by atoms with E-state index in [1.54, 1.807) is 0 Å². The van der Waals surface area contributed by atoms with Crippen LogP contribution in [-0.4, -0.2) is 26.5 Å². The number of Topliss-reactive ketones (excluding diaryl/α,β-unsaturated/α-hetero) is 1. The summed E-state index contributed by atoms with van der Waals surface area (Å²) in [4.78, 5) is 11.3. The lowest BCUT2D eigenvalue weighted by Crippen LogP contribution is -2.40. The van der Waals surface area contributed by atoms with Crippen LogP contribution in [0.5, 0.6) is 0 Å². The maximum Gasteiger partial charge on any atom is 0.209 e. The van der Waals surface area contributed by atoms with Crippen molar-refractivity contribution in [1.29, 1.82) is 0 Å². The van der Waals surface area contributed by atoms with Gasteiger partial charge in [0.1, 0.15) is 5.78 Å². The molecule has 5 heteroatoms. The van der Waals surface area contributed by atoms with Crippen LogP contribution < -0.4 is 4.72 Å². The summed E-state index contributed by atoms with van der Waals surface area (Å²) >= 11 is 0. The highest BCUT2D eigenvalue weighted by Gasteiger charge is 2.18. The predicted molar refractivity (Wildman–Crippen MR) is 62.6 cm³/mol. The lowest BCUT2D eigenvalue weighted by Gasteiger charge is -2.14. The van der Waals surface area contributed by atoms with E-state index < -0.39 is 16.1 Å². The van der Waals surface area contributed by atoms with Gasteiger partial charge in [0.05, 0.1) is 12.3 Å². The predicted octanol–water partition coefficient (Wildman–Crippen LogP) is 0.736. The van der Waals surface area contributed by atoms with Gasteiger partial charge < -0.3 is 0 Å². The molecule has 0 fully saturated rings. The molecule has 1 atom stereocenters. The third kappa shape index (κ3) is 4.55. The maximum absolute atomic E-state index is 11.3. The Bertz CT molecular complexity index is 453. The van der Waals surface area contributed by atoms with E-state index in [2.05, 4.69) is 4.72 Å². The highest BCUT2D eigenvalue weighted by atomic mass is 32.2.